The number of nitro benzene ring substituents is 1. The topological polar surface area (TPSA) is 56.0 Å². The van der Waals surface area contributed by atoms with Crippen molar-refractivity contribution in [3.8, 4) is 33.6 Å². The Bertz CT molecular complexity index is 1120. The van der Waals surface area contributed by atoms with Gasteiger partial charge >= 0.3 is 0 Å². The number of rotatable bonds is 4. The van der Waals surface area contributed by atoms with Gasteiger partial charge in [-0.05, 0) is 41.8 Å². The van der Waals surface area contributed by atoms with Gasteiger partial charge in [-0.25, -0.2) is 4.98 Å². The van der Waals surface area contributed by atoms with Crippen LogP contribution in [-0.2, 0) is 0 Å². The highest BCUT2D eigenvalue weighted by Crippen LogP contribution is 2.34. The predicted molar refractivity (Wildman–Crippen MR) is 112 cm³/mol. The summed E-state index contributed by atoms with van der Waals surface area (Å²) >= 11 is 0. The number of pyridine rings is 1. The number of benzene rings is 3. The van der Waals surface area contributed by atoms with Gasteiger partial charge in [-0.3, -0.25) is 10.1 Å². The van der Waals surface area contributed by atoms with Crippen LogP contribution in [0.25, 0.3) is 33.6 Å². The van der Waals surface area contributed by atoms with Crippen LogP contribution in [0.4, 0.5) is 5.69 Å². The van der Waals surface area contributed by atoms with Gasteiger partial charge < -0.3 is 0 Å². The second-order valence-electron chi connectivity index (χ2n) is 6.56. The molecular weight excluding hydrogens is 348 g/mol. The van der Waals surface area contributed by atoms with E-state index in [1.54, 1.807) is 24.3 Å². The van der Waals surface area contributed by atoms with Crippen LogP contribution in [0.3, 0.4) is 0 Å². The molecule has 0 fully saturated rings. The van der Waals surface area contributed by atoms with Gasteiger partial charge in [-0.2, -0.15) is 0 Å². The highest BCUT2D eigenvalue weighted by atomic mass is 16.6. The van der Waals surface area contributed by atoms with Crippen LogP contribution >= 0.6 is 0 Å². The van der Waals surface area contributed by atoms with Gasteiger partial charge in [0.05, 0.1) is 16.3 Å². The molecule has 0 spiro atoms. The van der Waals surface area contributed by atoms with Crippen molar-refractivity contribution in [3.05, 3.63) is 107 Å². The lowest BCUT2D eigenvalue weighted by molar-refractivity contribution is -0.384. The van der Waals surface area contributed by atoms with Gasteiger partial charge in [-0.15, -0.1) is 0 Å². The summed E-state index contributed by atoms with van der Waals surface area (Å²) in [6.07, 6.45) is 0. The fourth-order valence-electron chi connectivity index (χ4n) is 3.31. The molecule has 0 bridgehead atoms. The number of non-ortho nitro benzene ring substituents is 1. The van der Waals surface area contributed by atoms with Crippen LogP contribution in [0.15, 0.2) is 91.0 Å². The molecule has 0 saturated carbocycles. The second-order valence-corrected chi connectivity index (χ2v) is 6.56. The normalized spacial score (nSPS) is 10.6. The van der Waals surface area contributed by atoms with E-state index >= 15 is 0 Å². The standard InChI is InChI=1S/C24H18N2O2/c1-17-22(18-12-14-21(15-13-18)26(27)28)16-23(19-8-4-2-5-9-19)25-24(17)20-10-6-3-7-11-20/h2-16H,1H3. The first-order valence-corrected chi connectivity index (χ1v) is 9.01. The minimum atomic E-state index is -0.381. The largest absolute Gasteiger partial charge is 0.269 e. The van der Waals surface area contributed by atoms with E-state index in [1.807, 2.05) is 67.6 Å². The minimum Gasteiger partial charge on any atom is -0.258 e. The average molecular weight is 366 g/mol. The quantitative estimate of drug-likeness (QED) is 0.314. The average Bonchev–Trinajstić information content (AvgIpc) is 2.75. The van der Waals surface area contributed by atoms with Crippen LogP contribution < -0.4 is 0 Å². The smallest absolute Gasteiger partial charge is 0.258 e. The van der Waals surface area contributed by atoms with Crippen molar-refractivity contribution in [1.82, 2.24) is 4.98 Å². The summed E-state index contributed by atoms with van der Waals surface area (Å²) in [7, 11) is 0. The summed E-state index contributed by atoms with van der Waals surface area (Å²) in [6.45, 7) is 2.04. The first-order chi connectivity index (χ1) is 13.6. The molecule has 4 aromatic rings. The first-order valence-electron chi connectivity index (χ1n) is 9.01. The molecule has 3 aromatic carbocycles. The number of hydrogen-bond acceptors (Lipinski definition) is 3. The third-order valence-electron chi connectivity index (χ3n) is 4.78. The molecule has 4 rings (SSSR count). The maximum Gasteiger partial charge on any atom is 0.269 e. The minimum absolute atomic E-state index is 0.0852. The lowest BCUT2D eigenvalue weighted by Crippen LogP contribution is -1.96. The van der Waals surface area contributed by atoms with E-state index in [9.17, 15) is 10.1 Å². The Labute approximate surface area is 163 Å². The number of nitrogens with zero attached hydrogens (tertiary/aromatic N) is 2. The molecule has 4 heteroatoms. The Balaban J connectivity index is 1.93. The molecule has 0 amide bonds. The van der Waals surface area contributed by atoms with Crippen LogP contribution in [-0.4, -0.2) is 9.91 Å². The highest BCUT2D eigenvalue weighted by molar-refractivity contribution is 5.80. The van der Waals surface area contributed by atoms with Gasteiger partial charge in [0, 0.05) is 23.3 Å². The first kappa shape index (κ1) is 17.6. The molecule has 0 saturated heterocycles. The van der Waals surface area contributed by atoms with E-state index in [-0.39, 0.29) is 10.6 Å². The van der Waals surface area contributed by atoms with Crippen molar-refractivity contribution in [2.24, 2.45) is 0 Å². The van der Waals surface area contributed by atoms with E-state index in [4.69, 9.17) is 4.98 Å². The van der Waals surface area contributed by atoms with Crippen molar-refractivity contribution >= 4 is 5.69 Å². The van der Waals surface area contributed by atoms with E-state index < -0.39 is 0 Å². The Kier molecular flexibility index (Phi) is 4.68. The number of hydrogen-bond donors (Lipinski definition) is 0. The van der Waals surface area contributed by atoms with Gasteiger partial charge in [0.25, 0.3) is 5.69 Å². The Morgan fingerprint density at radius 2 is 1.32 bits per heavy atom. The van der Waals surface area contributed by atoms with Crippen molar-refractivity contribution in [2.75, 3.05) is 0 Å². The molecule has 1 aromatic heterocycles. The molecule has 0 N–H and O–H groups in total. The van der Waals surface area contributed by atoms with Crippen LogP contribution in [0.5, 0.6) is 0 Å². The van der Waals surface area contributed by atoms with Crippen molar-refractivity contribution < 1.29 is 4.92 Å². The fourth-order valence-corrected chi connectivity index (χ4v) is 3.31. The Morgan fingerprint density at radius 3 is 1.89 bits per heavy atom. The van der Waals surface area contributed by atoms with Gasteiger partial charge in [-0.1, -0.05) is 60.7 Å². The van der Waals surface area contributed by atoms with E-state index in [0.717, 1.165) is 39.2 Å². The SMILES string of the molecule is Cc1c(-c2ccc([N+](=O)[O-])cc2)cc(-c2ccccc2)nc1-c1ccccc1. The maximum atomic E-state index is 11.0. The van der Waals surface area contributed by atoms with E-state index in [0.29, 0.717) is 0 Å². The second kappa shape index (κ2) is 7.45. The highest BCUT2D eigenvalue weighted by Gasteiger charge is 2.14. The zero-order valence-electron chi connectivity index (χ0n) is 15.4. The molecule has 4 nitrogen and oxygen atoms in total. The molecule has 0 aliphatic carbocycles. The van der Waals surface area contributed by atoms with Crippen LogP contribution in [0.1, 0.15) is 5.56 Å². The third-order valence-corrected chi connectivity index (χ3v) is 4.78. The van der Waals surface area contributed by atoms with Crippen molar-refractivity contribution in [3.63, 3.8) is 0 Å². The van der Waals surface area contributed by atoms with E-state index in [2.05, 4.69) is 6.07 Å². The lowest BCUT2D eigenvalue weighted by Gasteiger charge is -2.14. The zero-order valence-corrected chi connectivity index (χ0v) is 15.4. The molecule has 0 atom stereocenters. The molecule has 0 radical (unpaired) electrons. The molecule has 0 aliphatic rings. The van der Waals surface area contributed by atoms with Crippen molar-refractivity contribution in [1.29, 1.82) is 0 Å². The summed E-state index contributed by atoms with van der Waals surface area (Å²) in [5, 5.41) is 11.0. The molecule has 0 aliphatic heterocycles. The number of aromatic nitrogens is 1. The monoisotopic (exact) mass is 366 g/mol. The molecule has 28 heavy (non-hydrogen) atoms. The summed E-state index contributed by atoms with van der Waals surface area (Å²) in [5.41, 5.74) is 6.93. The molecule has 1 heterocycles. The zero-order chi connectivity index (χ0) is 19.5. The summed E-state index contributed by atoms with van der Waals surface area (Å²) < 4.78 is 0. The lowest BCUT2D eigenvalue weighted by atomic mass is 9.94. The van der Waals surface area contributed by atoms with Crippen LogP contribution in [0.2, 0.25) is 0 Å². The summed E-state index contributed by atoms with van der Waals surface area (Å²) in [6, 6.07) is 28.8. The molecular formula is C24H18N2O2. The predicted octanol–water partition coefficient (Wildman–Crippen LogP) is 6.30. The van der Waals surface area contributed by atoms with E-state index in [1.165, 1.54) is 0 Å². The third kappa shape index (κ3) is 3.40. The summed E-state index contributed by atoms with van der Waals surface area (Å²) in [5.74, 6) is 0. The summed E-state index contributed by atoms with van der Waals surface area (Å²) in [4.78, 5) is 15.5. The fraction of sp³-hybridized carbons (Fsp3) is 0.0417. The molecule has 136 valence electrons. The van der Waals surface area contributed by atoms with Gasteiger partial charge in [0.2, 0.25) is 0 Å². The maximum absolute atomic E-state index is 11.0. The Morgan fingerprint density at radius 1 is 0.750 bits per heavy atom. The van der Waals surface area contributed by atoms with Gasteiger partial charge in [0.15, 0.2) is 0 Å². The molecule has 0 unspecified atom stereocenters. The number of nitro groups is 1. The Hall–Kier alpha value is -3.79. The van der Waals surface area contributed by atoms with Gasteiger partial charge in [0.1, 0.15) is 0 Å². The van der Waals surface area contributed by atoms with Crippen LogP contribution in [0, 0.1) is 17.0 Å². The van der Waals surface area contributed by atoms with Crippen molar-refractivity contribution in [2.45, 2.75) is 6.92 Å².